The molecule has 1 aromatic carbocycles. The molecule has 0 unspecified atom stereocenters. The molecule has 1 aromatic heterocycles. The Bertz CT molecular complexity index is 586. The largest absolute Gasteiger partial charge is 0.384 e. The van der Waals surface area contributed by atoms with Gasteiger partial charge in [0.05, 0.1) is 16.8 Å². The molecule has 0 fully saturated rings. The monoisotopic (exact) mass is 264 g/mol. The van der Waals surface area contributed by atoms with Crippen LogP contribution in [0, 0.1) is 10.1 Å². The molecule has 3 N–H and O–H groups in total. The molecule has 18 heavy (non-hydrogen) atoms. The summed E-state index contributed by atoms with van der Waals surface area (Å²) in [5, 5.41) is 14.1. The van der Waals surface area contributed by atoms with Crippen LogP contribution in [0.4, 0.5) is 22.9 Å². The van der Waals surface area contributed by atoms with Crippen molar-refractivity contribution in [2.24, 2.45) is 0 Å². The SMILES string of the molecule is Nc1ccc(Nc2ccc(Cl)cc2[N+](=O)[O-])cn1. The minimum atomic E-state index is -0.501. The van der Waals surface area contributed by atoms with Gasteiger partial charge in [-0.1, -0.05) is 11.6 Å². The maximum Gasteiger partial charge on any atom is 0.294 e. The highest BCUT2D eigenvalue weighted by Gasteiger charge is 2.14. The van der Waals surface area contributed by atoms with Crippen molar-refractivity contribution in [3.8, 4) is 0 Å². The zero-order valence-corrected chi connectivity index (χ0v) is 9.89. The lowest BCUT2D eigenvalue weighted by molar-refractivity contribution is -0.383. The summed E-state index contributed by atoms with van der Waals surface area (Å²) < 4.78 is 0. The third-order valence-corrected chi connectivity index (χ3v) is 2.46. The number of rotatable bonds is 3. The number of halogens is 1. The lowest BCUT2D eigenvalue weighted by Crippen LogP contribution is -1.98. The Hall–Kier alpha value is -2.34. The molecule has 0 aliphatic heterocycles. The van der Waals surface area contributed by atoms with E-state index in [-0.39, 0.29) is 5.69 Å². The molecule has 0 saturated heterocycles. The topological polar surface area (TPSA) is 94.1 Å². The highest BCUT2D eigenvalue weighted by molar-refractivity contribution is 6.30. The van der Waals surface area contributed by atoms with Gasteiger partial charge in [-0.3, -0.25) is 10.1 Å². The number of benzene rings is 1. The van der Waals surface area contributed by atoms with Gasteiger partial charge in [0, 0.05) is 11.1 Å². The zero-order chi connectivity index (χ0) is 13.1. The van der Waals surface area contributed by atoms with Crippen LogP contribution >= 0.6 is 11.6 Å². The Morgan fingerprint density at radius 1 is 1.33 bits per heavy atom. The first-order chi connectivity index (χ1) is 8.56. The quantitative estimate of drug-likeness (QED) is 0.656. The summed E-state index contributed by atoms with van der Waals surface area (Å²) >= 11 is 5.72. The second-order valence-electron chi connectivity index (χ2n) is 3.52. The summed E-state index contributed by atoms with van der Waals surface area (Å²) in [6.07, 6.45) is 1.49. The number of anilines is 3. The molecule has 0 bridgehead atoms. The third kappa shape index (κ3) is 2.67. The molecular weight excluding hydrogens is 256 g/mol. The lowest BCUT2D eigenvalue weighted by Gasteiger charge is -2.07. The van der Waals surface area contributed by atoms with Crippen molar-refractivity contribution in [3.63, 3.8) is 0 Å². The second kappa shape index (κ2) is 4.89. The number of hydrogen-bond donors (Lipinski definition) is 2. The summed E-state index contributed by atoms with van der Waals surface area (Å²) in [6.45, 7) is 0. The van der Waals surface area contributed by atoms with E-state index in [4.69, 9.17) is 17.3 Å². The van der Waals surface area contributed by atoms with Crippen molar-refractivity contribution in [1.29, 1.82) is 0 Å². The van der Waals surface area contributed by atoms with Crippen LogP contribution in [0.3, 0.4) is 0 Å². The average Bonchev–Trinajstić information content (AvgIpc) is 2.34. The fourth-order valence-electron chi connectivity index (χ4n) is 1.40. The van der Waals surface area contributed by atoms with Gasteiger partial charge in [0.2, 0.25) is 0 Å². The molecule has 7 heteroatoms. The van der Waals surface area contributed by atoms with Gasteiger partial charge in [-0.15, -0.1) is 0 Å². The van der Waals surface area contributed by atoms with Crippen LogP contribution in [0.15, 0.2) is 36.5 Å². The highest BCUT2D eigenvalue weighted by atomic mass is 35.5. The Morgan fingerprint density at radius 2 is 2.11 bits per heavy atom. The summed E-state index contributed by atoms with van der Waals surface area (Å²) in [5.41, 5.74) is 6.31. The van der Waals surface area contributed by atoms with Crippen LogP contribution in [0.5, 0.6) is 0 Å². The first-order valence-corrected chi connectivity index (χ1v) is 5.36. The first kappa shape index (κ1) is 12.1. The van der Waals surface area contributed by atoms with Crippen molar-refractivity contribution in [3.05, 3.63) is 51.7 Å². The average molecular weight is 265 g/mol. The van der Waals surface area contributed by atoms with Gasteiger partial charge >= 0.3 is 0 Å². The normalized spacial score (nSPS) is 10.1. The Balaban J connectivity index is 2.34. The molecular formula is C11H9ClN4O2. The molecule has 6 nitrogen and oxygen atoms in total. The van der Waals surface area contributed by atoms with Gasteiger partial charge in [-0.05, 0) is 24.3 Å². The zero-order valence-electron chi connectivity index (χ0n) is 9.13. The number of nitrogens with one attached hydrogen (secondary N) is 1. The Kier molecular flexibility index (Phi) is 3.29. The third-order valence-electron chi connectivity index (χ3n) is 2.22. The molecule has 0 spiro atoms. The van der Waals surface area contributed by atoms with Crippen LogP contribution in [0.25, 0.3) is 0 Å². The molecule has 1 heterocycles. The molecule has 0 saturated carbocycles. The van der Waals surface area contributed by atoms with E-state index in [1.54, 1.807) is 18.2 Å². The summed E-state index contributed by atoms with van der Waals surface area (Å²) in [5.74, 6) is 0.381. The Labute approximate surface area is 108 Å². The number of nitro groups is 1. The molecule has 0 radical (unpaired) electrons. The fourth-order valence-corrected chi connectivity index (χ4v) is 1.56. The van der Waals surface area contributed by atoms with Crippen molar-refractivity contribution in [2.75, 3.05) is 11.1 Å². The van der Waals surface area contributed by atoms with Crippen molar-refractivity contribution >= 4 is 34.5 Å². The molecule has 2 aromatic rings. The number of nitrogens with zero attached hydrogens (tertiary/aromatic N) is 2. The molecule has 0 aliphatic rings. The molecule has 0 aliphatic carbocycles. The summed E-state index contributed by atoms with van der Waals surface area (Å²) in [7, 11) is 0. The minimum absolute atomic E-state index is 0.0978. The summed E-state index contributed by atoms with van der Waals surface area (Å²) in [6, 6.07) is 7.68. The van der Waals surface area contributed by atoms with E-state index in [0.29, 0.717) is 22.2 Å². The first-order valence-electron chi connectivity index (χ1n) is 4.99. The van der Waals surface area contributed by atoms with Gasteiger partial charge in [-0.25, -0.2) is 4.98 Å². The van der Waals surface area contributed by atoms with E-state index in [0.717, 1.165) is 0 Å². The predicted octanol–water partition coefficient (Wildman–Crippen LogP) is 2.97. The maximum absolute atomic E-state index is 10.9. The van der Waals surface area contributed by atoms with Gasteiger partial charge in [-0.2, -0.15) is 0 Å². The predicted molar refractivity (Wildman–Crippen MR) is 70.0 cm³/mol. The number of nitro benzene ring substituents is 1. The lowest BCUT2D eigenvalue weighted by atomic mass is 10.2. The molecule has 0 atom stereocenters. The van der Waals surface area contributed by atoms with Gasteiger partial charge < -0.3 is 11.1 Å². The molecule has 92 valence electrons. The van der Waals surface area contributed by atoms with E-state index in [9.17, 15) is 10.1 Å². The highest BCUT2D eigenvalue weighted by Crippen LogP contribution is 2.30. The van der Waals surface area contributed by atoms with E-state index in [2.05, 4.69) is 10.3 Å². The van der Waals surface area contributed by atoms with Crippen molar-refractivity contribution < 1.29 is 4.92 Å². The second-order valence-corrected chi connectivity index (χ2v) is 3.95. The Morgan fingerprint density at radius 3 is 2.72 bits per heavy atom. The standard InChI is InChI=1S/C11H9ClN4O2/c12-7-1-3-9(10(5-7)16(17)18)15-8-2-4-11(13)14-6-8/h1-6,15H,(H2,13,14). The smallest absolute Gasteiger partial charge is 0.294 e. The van der Waals surface area contributed by atoms with Gasteiger partial charge in [0.25, 0.3) is 5.69 Å². The fraction of sp³-hybridized carbons (Fsp3) is 0. The van der Waals surface area contributed by atoms with E-state index in [1.165, 1.54) is 18.3 Å². The van der Waals surface area contributed by atoms with Crippen LogP contribution < -0.4 is 11.1 Å². The van der Waals surface area contributed by atoms with Crippen LogP contribution in [0.1, 0.15) is 0 Å². The van der Waals surface area contributed by atoms with Crippen LogP contribution in [0.2, 0.25) is 5.02 Å². The van der Waals surface area contributed by atoms with Gasteiger partial charge in [0.1, 0.15) is 11.5 Å². The van der Waals surface area contributed by atoms with Crippen LogP contribution in [-0.2, 0) is 0 Å². The number of nitrogens with two attached hydrogens (primary N) is 1. The van der Waals surface area contributed by atoms with Crippen molar-refractivity contribution in [1.82, 2.24) is 4.98 Å². The molecule has 2 rings (SSSR count). The summed E-state index contributed by atoms with van der Waals surface area (Å²) in [4.78, 5) is 14.3. The number of aromatic nitrogens is 1. The van der Waals surface area contributed by atoms with E-state index >= 15 is 0 Å². The molecule has 0 amide bonds. The van der Waals surface area contributed by atoms with Crippen LogP contribution in [-0.4, -0.2) is 9.91 Å². The van der Waals surface area contributed by atoms with Gasteiger partial charge in [0.15, 0.2) is 0 Å². The minimum Gasteiger partial charge on any atom is -0.384 e. The number of pyridine rings is 1. The van der Waals surface area contributed by atoms with E-state index < -0.39 is 4.92 Å². The maximum atomic E-state index is 10.9. The number of nitrogen functional groups attached to an aromatic ring is 1. The van der Waals surface area contributed by atoms with E-state index in [1.807, 2.05) is 0 Å². The van der Waals surface area contributed by atoms with Crippen molar-refractivity contribution in [2.45, 2.75) is 0 Å². The number of hydrogen-bond acceptors (Lipinski definition) is 5.